The summed E-state index contributed by atoms with van der Waals surface area (Å²) in [4.78, 5) is 21.6. The first-order valence-corrected chi connectivity index (χ1v) is 4.70. The molecule has 0 amide bonds. The lowest BCUT2D eigenvalue weighted by atomic mass is 9.99. The lowest BCUT2D eigenvalue weighted by Crippen LogP contribution is -2.17. The maximum atomic E-state index is 11.4. The van der Waals surface area contributed by atoms with E-state index in [0.717, 1.165) is 0 Å². The Morgan fingerprint density at radius 2 is 2.25 bits per heavy atom. The summed E-state index contributed by atoms with van der Waals surface area (Å²) in [5, 5.41) is 10.8. The van der Waals surface area contributed by atoms with Crippen LogP contribution in [-0.2, 0) is 11.2 Å². The number of ether oxygens (including phenoxy) is 2. The summed E-state index contributed by atoms with van der Waals surface area (Å²) in [7, 11) is 1.23. The molecule has 0 saturated carbocycles. The van der Waals surface area contributed by atoms with Gasteiger partial charge in [0.1, 0.15) is 5.75 Å². The number of esters is 1. The van der Waals surface area contributed by atoms with Gasteiger partial charge in [0.25, 0.3) is 0 Å². The summed E-state index contributed by atoms with van der Waals surface area (Å²) in [5.41, 5.74) is 0.628. The molecule has 0 aliphatic carbocycles. The van der Waals surface area contributed by atoms with Crippen molar-refractivity contribution in [3.63, 3.8) is 0 Å². The largest absolute Gasteiger partial charge is 0.465 e. The number of rotatable bonds is 3. The van der Waals surface area contributed by atoms with E-state index in [4.69, 9.17) is 4.74 Å². The molecule has 0 spiro atoms. The van der Waals surface area contributed by atoms with E-state index in [1.54, 1.807) is 0 Å². The number of nitrogens with zero attached hydrogens (tertiary/aromatic N) is 1. The lowest BCUT2D eigenvalue weighted by molar-refractivity contribution is -0.386. The molecule has 0 unspecified atom stereocenters. The van der Waals surface area contributed by atoms with Gasteiger partial charge in [0, 0.05) is 11.6 Å². The number of aryl methyl sites for hydroxylation is 1. The van der Waals surface area contributed by atoms with Gasteiger partial charge in [-0.05, 0) is 6.42 Å². The number of methoxy groups -OCH3 is 1. The van der Waals surface area contributed by atoms with Gasteiger partial charge in [0.2, 0.25) is 5.75 Å². The second-order valence-electron chi connectivity index (χ2n) is 3.29. The van der Waals surface area contributed by atoms with Gasteiger partial charge in [0.05, 0.1) is 12.0 Å². The molecular weight excluding hydrogens is 214 g/mol. The first-order valence-electron chi connectivity index (χ1n) is 4.70. The molecule has 0 atom stereocenters. The van der Waals surface area contributed by atoms with Gasteiger partial charge in [-0.1, -0.05) is 6.92 Å². The zero-order chi connectivity index (χ0) is 11.9. The Bertz CT molecular complexity index is 494. The fourth-order valence-electron chi connectivity index (χ4n) is 1.65. The van der Waals surface area contributed by atoms with Gasteiger partial charge >= 0.3 is 11.7 Å². The molecular formula is C10H9NO5. The molecule has 2 bridgehead atoms. The second-order valence-corrected chi connectivity index (χ2v) is 3.29. The quantitative estimate of drug-likeness (QED) is 0.452. The van der Waals surface area contributed by atoms with Gasteiger partial charge in [-0.3, -0.25) is 10.1 Å². The predicted molar refractivity (Wildman–Crippen MR) is 53.9 cm³/mol. The molecule has 2 heterocycles. The van der Waals surface area contributed by atoms with Crippen molar-refractivity contribution >= 4 is 11.7 Å². The van der Waals surface area contributed by atoms with Crippen molar-refractivity contribution in [2.24, 2.45) is 0 Å². The van der Waals surface area contributed by atoms with E-state index < -0.39 is 10.9 Å². The first-order chi connectivity index (χ1) is 7.60. The molecule has 0 saturated heterocycles. The molecule has 2 aliphatic rings. The van der Waals surface area contributed by atoms with Crippen LogP contribution >= 0.6 is 0 Å². The number of carbonyl (C=O) groups excluding carboxylic acids is 1. The lowest BCUT2D eigenvalue weighted by Gasteiger charge is -2.24. The Morgan fingerprint density at radius 3 is 2.75 bits per heavy atom. The van der Waals surface area contributed by atoms with Crippen molar-refractivity contribution in [3.05, 3.63) is 27.3 Å². The highest BCUT2D eigenvalue weighted by Crippen LogP contribution is 2.51. The normalized spacial score (nSPS) is 11.4. The number of fused-ring (bicyclic) bond motifs is 2. The third-order valence-electron chi connectivity index (χ3n) is 2.46. The standard InChI is InChI=1S/C10H9NO5/c1-3-5-4-6(11(13)14)9-7(8(5)16-9)10(12)15-2/h4H,3H2,1-2H3. The average Bonchev–Trinajstić information content (AvgIpc) is 2.27. The van der Waals surface area contributed by atoms with Crippen LogP contribution in [0.25, 0.3) is 0 Å². The maximum Gasteiger partial charge on any atom is 0.345 e. The Balaban J connectivity index is 2.62. The number of carbonyl (C=O) groups is 1. The Morgan fingerprint density at radius 1 is 1.56 bits per heavy atom. The summed E-state index contributed by atoms with van der Waals surface area (Å²) in [6, 6.07) is 1.43. The number of hydrogen-bond donors (Lipinski definition) is 0. The maximum absolute atomic E-state index is 11.4. The van der Waals surface area contributed by atoms with Crippen LogP contribution in [0, 0.1) is 10.1 Å². The third-order valence-corrected chi connectivity index (χ3v) is 2.46. The predicted octanol–water partition coefficient (Wildman–Crippen LogP) is 2.05. The molecule has 16 heavy (non-hydrogen) atoms. The number of nitro benzene ring substituents is 1. The fourth-order valence-corrected chi connectivity index (χ4v) is 1.65. The van der Waals surface area contributed by atoms with E-state index in [2.05, 4.69) is 4.74 Å². The SMILES string of the molecule is CCc1cc([N+](=O)[O-])c2c(C(=O)OC)c1O2. The summed E-state index contributed by atoms with van der Waals surface area (Å²) in [6.07, 6.45) is 0.556. The molecule has 3 rings (SSSR count). The van der Waals surface area contributed by atoms with E-state index in [1.165, 1.54) is 13.2 Å². The smallest absolute Gasteiger partial charge is 0.345 e. The van der Waals surface area contributed by atoms with Gasteiger partial charge in [-0.2, -0.15) is 0 Å². The minimum Gasteiger partial charge on any atom is -0.465 e. The molecule has 1 aromatic rings. The molecule has 2 aliphatic heterocycles. The second kappa shape index (κ2) is 3.48. The van der Waals surface area contributed by atoms with Crippen molar-refractivity contribution in [1.29, 1.82) is 0 Å². The topological polar surface area (TPSA) is 78.7 Å². The highest BCUT2D eigenvalue weighted by atomic mass is 16.6. The minimum absolute atomic E-state index is 0.00375. The van der Waals surface area contributed by atoms with Crippen molar-refractivity contribution in [2.75, 3.05) is 7.11 Å². The molecule has 0 fully saturated rings. The van der Waals surface area contributed by atoms with Crippen molar-refractivity contribution in [2.45, 2.75) is 13.3 Å². The van der Waals surface area contributed by atoms with Crippen LogP contribution in [0.4, 0.5) is 5.69 Å². The molecule has 84 valence electrons. The summed E-state index contributed by atoms with van der Waals surface area (Å²) >= 11 is 0. The van der Waals surface area contributed by atoms with Crippen molar-refractivity contribution < 1.29 is 19.2 Å². The monoisotopic (exact) mass is 223 g/mol. The van der Waals surface area contributed by atoms with Crippen LogP contribution < -0.4 is 4.74 Å². The van der Waals surface area contributed by atoms with Crippen LogP contribution in [0.1, 0.15) is 22.8 Å². The van der Waals surface area contributed by atoms with Gasteiger partial charge < -0.3 is 9.47 Å². The highest BCUT2D eigenvalue weighted by Gasteiger charge is 2.39. The van der Waals surface area contributed by atoms with Crippen LogP contribution in [0.3, 0.4) is 0 Å². The Labute approximate surface area is 90.9 Å². The van der Waals surface area contributed by atoms with E-state index >= 15 is 0 Å². The van der Waals surface area contributed by atoms with Crippen LogP contribution in [0.15, 0.2) is 6.07 Å². The fraction of sp³-hybridized carbons (Fsp3) is 0.300. The number of hydrogen-bond acceptors (Lipinski definition) is 5. The van der Waals surface area contributed by atoms with E-state index in [1.807, 2.05) is 6.92 Å². The molecule has 1 aromatic carbocycles. The first kappa shape index (κ1) is 10.4. The zero-order valence-corrected chi connectivity index (χ0v) is 8.77. The van der Waals surface area contributed by atoms with Gasteiger partial charge in [0.15, 0.2) is 5.56 Å². The summed E-state index contributed by atoms with van der Waals surface area (Å²) in [5.74, 6) is -0.200. The molecule has 0 radical (unpaired) electrons. The Kier molecular flexibility index (Phi) is 2.26. The highest BCUT2D eigenvalue weighted by molar-refractivity contribution is 6.01. The van der Waals surface area contributed by atoms with Gasteiger partial charge in [-0.15, -0.1) is 0 Å². The van der Waals surface area contributed by atoms with E-state index in [9.17, 15) is 14.9 Å². The molecule has 0 aromatic heterocycles. The van der Waals surface area contributed by atoms with Gasteiger partial charge in [-0.25, -0.2) is 4.79 Å². The summed E-state index contributed by atoms with van der Waals surface area (Å²) < 4.78 is 9.69. The summed E-state index contributed by atoms with van der Waals surface area (Å²) in [6.45, 7) is 1.83. The molecule has 6 heteroatoms. The third kappa shape index (κ3) is 1.23. The van der Waals surface area contributed by atoms with Crippen molar-refractivity contribution in [1.82, 2.24) is 0 Å². The zero-order valence-electron chi connectivity index (χ0n) is 8.77. The average molecular weight is 223 g/mol. The van der Waals surface area contributed by atoms with Crippen LogP contribution in [-0.4, -0.2) is 18.0 Å². The van der Waals surface area contributed by atoms with E-state index in [0.29, 0.717) is 17.7 Å². The molecule has 6 nitrogen and oxygen atoms in total. The Hall–Kier alpha value is -2.11. The number of nitro groups is 1. The number of benzene rings is 1. The van der Waals surface area contributed by atoms with E-state index in [-0.39, 0.29) is 17.0 Å². The van der Waals surface area contributed by atoms with Crippen LogP contribution in [0.5, 0.6) is 11.5 Å². The van der Waals surface area contributed by atoms with Crippen LogP contribution in [0.2, 0.25) is 0 Å². The van der Waals surface area contributed by atoms with Crippen molar-refractivity contribution in [3.8, 4) is 11.5 Å². The molecule has 0 N–H and O–H groups in total. The minimum atomic E-state index is -0.602.